The lowest BCUT2D eigenvalue weighted by atomic mass is 10.1. The van der Waals surface area contributed by atoms with Crippen molar-refractivity contribution in [2.75, 3.05) is 18.9 Å². The Labute approximate surface area is 144 Å². The molecule has 0 bridgehead atoms. The quantitative estimate of drug-likeness (QED) is 0.685. The molecule has 0 atom stereocenters. The van der Waals surface area contributed by atoms with Crippen LogP contribution >= 0.6 is 0 Å². The van der Waals surface area contributed by atoms with Gasteiger partial charge in [-0.2, -0.15) is 9.97 Å². The lowest BCUT2D eigenvalue weighted by Gasteiger charge is -2.20. The molecule has 0 radical (unpaired) electrons. The van der Waals surface area contributed by atoms with Gasteiger partial charge in [-0.05, 0) is 46.6 Å². The number of nitrogens with one attached hydrogen (secondary N) is 1. The molecular formula is C17H30N6O. The van der Waals surface area contributed by atoms with Gasteiger partial charge in [0.2, 0.25) is 0 Å². The number of fused-ring (bicyclic) bond motifs is 1. The summed E-state index contributed by atoms with van der Waals surface area (Å²) in [5.74, 6) is 0.375. The van der Waals surface area contributed by atoms with E-state index in [9.17, 15) is 0 Å². The first kappa shape index (κ1) is 18.4. The summed E-state index contributed by atoms with van der Waals surface area (Å²) in [5.41, 5.74) is 7.53. The fourth-order valence-electron chi connectivity index (χ4n) is 2.35. The highest BCUT2D eigenvalue weighted by molar-refractivity contribution is 5.81. The van der Waals surface area contributed by atoms with Crippen LogP contribution in [0.2, 0.25) is 0 Å². The topological polar surface area (TPSA) is 90.9 Å². The summed E-state index contributed by atoms with van der Waals surface area (Å²) in [6, 6.07) is 0.338. The first-order chi connectivity index (χ1) is 11.4. The first-order valence-corrected chi connectivity index (χ1v) is 8.77. The second-order valence-electron chi connectivity index (χ2n) is 7.09. The number of nitrogen functional groups attached to an aromatic ring is 1. The molecule has 0 spiro atoms. The van der Waals surface area contributed by atoms with Crippen LogP contribution in [0.25, 0.3) is 11.2 Å². The average Bonchev–Trinajstić information content (AvgIpc) is 2.90. The Bertz CT molecular complexity index is 646. The van der Waals surface area contributed by atoms with Gasteiger partial charge in [-0.15, -0.1) is 0 Å². The Morgan fingerprint density at radius 2 is 2.00 bits per heavy atom. The number of nitrogens with two attached hydrogens (primary N) is 1. The second-order valence-corrected chi connectivity index (χ2v) is 7.09. The molecule has 7 heteroatoms. The van der Waals surface area contributed by atoms with E-state index in [1.165, 1.54) is 0 Å². The molecule has 0 saturated carbocycles. The molecule has 0 fully saturated rings. The molecule has 134 valence electrons. The Balaban J connectivity index is 1.97. The number of ether oxygens (including phenoxy) is 1. The largest absolute Gasteiger partial charge is 0.463 e. The molecule has 2 aromatic heterocycles. The van der Waals surface area contributed by atoms with Crippen molar-refractivity contribution in [3.63, 3.8) is 0 Å². The highest BCUT2D eigenvalue weighted by atomic mass is 16.5. The van der Waals surface area contributed by atoms with Gasteiger partial charge in [-0.25, -0.2) is 4.98 Å². The standard InChI is InChI=1S/C17H30N6O/c1-5-6-11-24-16-21-14(18)13-15(22-16)23(12-19-13)10-8-7-9-20-17(2,3)4/h12,20H,5-11H2,1-4H3,(H2,18,21,22). The number of hydrogen-bond donors (Lipinski definition) is 2. The van der Waals surface area contributed by atoms with Gasteiger partial charge in [0.05, 0.1) is 12.9 Å². The normalized spacial score (nSPS) is 12.0. The van der Waals surface area contributed by atoms with Gasteiger partial charge in [-0.1, -0.05) is 13.3 Å². The molecule has 2 aromatic rings. The predicted octanol–water partition coefficient (Wildman–Crippen LogP) is 2.76. The lowest BCUT2D eigenvalue weighted by Crippen LogP contribution is -2.36. The fraction of sp³-hybridized carbons (Fsp3) is 0.706. The molecular weight excluding hydrogens is 304 g/mol. The lowest BCUT2D eigenvalue weighted by molar-refractivity contribution is 0.286. The zero-order chi connectivity index (χ0) is 17.6. The average molecular weight is 334 g/mol. The van der Waals surface area contributed by atoms with E-state index < -0.39 is 0 Å². The van der Waals surface area contributed by atoms with E-state index in [0.29, 0.717) is 24.0 Å². The Morgan fingerprint density at radius 1 is 1.21 bits per heavy atom. The monoisotopic (exact) mass is 334 g/mol. The van der Waals surface area contributed by atoms with Gasteiger partial charge in [0.1, 0.15) is 5.52 Å². The fourth-order valence-corrected chi connectivity index (χ4v) is 2.35. The van der Waals surface area contributed by atoms with E-state index in [1.54, 1.807) is 6.33 Å². The van der Waals surface area contributed by atoms with Crippen LogP contribution in [0.15, 0.2) is 6.33 Å². The van der Waals surface area contributed by atoms with Crippen molar-refractivity contribution >= 4 is 17.0 Å². The Kier molecular flexibility index (Phi) is 6.36. The summed E-state index contributed by atoms with van der Waals surface area (Å²) in [6.45, 7) is 11.1. The van der Waals surface area contributed by atoms with Crippen molar-refractivity contribution in [1.82, 2.24) is 24.8 Å². The number of aryl methyl sites for hydroxylation is 1. The third kappa shape index (κ3) is 5.33. The molecule has 0 saturated heterocycles. The summed E-state index contributed by atoms with van der Waals surface area (Å²) < 4.78 is 7.61. The van der Waals surface area contributed by atoms with Crippen molar-refractivity contribution in [1.29, 1.82) is 0 Å². The predicted molar refractivity (Wildman–Crippen MR) is 97.1 cm³/mol. The van der Waals surface area contributed by atoms with Gasteiger partial charge in [0.25, 0.3) is 0 Å². The Morgan fingerprint density at radius 3 is 2.71 bits per heavy atom. The minimum absolute atomic E-state index is 0.161. The number of imidazole rings is 1. The zero-order valence-electron chi connectivity index (χ0n) is 15.3. The van der Waals surface area contributed by atoms with Gasteiger partial charge in [0, 0.05) is 12.1 Å². The smallest absolute Gasteiger partial charge is 0.320 e. The van der Waals surface area contributed by atoms with Gasteiger partial charge < -0.3 is 20.4 Å². The molecule has 0 aliphatic carbocycles. The van der Waals surface area contributed by atoms with Crippen LogP contribution in [0.1, 0.15) is 53.4 Å². The third-order valence-electron chi connectivity index (χ3n) is 3.68. The van der Waals surface area contributed by atoms with Crippen molar-refractivity contribution in [3.8, 4) is 6.01 Å². The highest BCUT2D eigenvalue weighted by Gasteiger charge is 2.12. The number of hydrogen-bond acceptors (Lipinski definition) is 6. The summed E-state index contributed by atoms with van der Waals surface area (Å²) in [4.78, 5) is 13.0. The van der Waals surface area contributed by atoms with Gasteiger partial charge >= 0.3 is 6.01 Å². The molecule has 24 heavy (non-hydrogen) atoms. The van der Waals surface area contributed by atoms with Crippen LogP contribution in [0.4, 0.5) is 5.82 Å². The van der Waals surface area contributed by atoms with Gasteiger partial charge in [0.15, 0.2) is 11.5 Å². The summed E-state index contributed by atoms with van der Waals surface area (Å²) in [5, 5.41) is 3.50. The first-order valence-electron chi connectivity index (χ1n) is 8.77. The van der Waals surface area contributed by atoms with Crippen LogP contribution in [0, 0.1) is 0 Å². The second kappa shape index (κ2) is 8.28. The van der Waals surface area contributed by atoms with Crippen molar-refractivity contribution < 1.29 is 4.74 Å². The van der Waals surface area contributed by atoms with Crippen LogP contribution in [0.3, 0.4) is 0 Å². The minimum Gasteiger partial charge on any atom is -0.463 e. The summed E-state index contributed by atoms with van der Waals surface area (Å²) in [7, 11) is 0. The molecule has 0 aliphatic heterocycles. The molecule has 0 aliphatic rings. The summed E-state index contributed by atoms with van der Waals surface area (Å²) in [6.07, 6.45) is 5.96. The van der Waals surface area contributed by atoms with E-state index >= 15 is 0 Å². The number of rotatable bonds is 9. The van der Waals surface area contributed by atoms with Crippen molar-refractivity contribution in [2.45, 2.75) is 65.5 Å². The van der Waals surface area contributed by atoms with E-state index in [4.69, 9.17) is 10.5 Å². The maximum Gasteiger partial charge on any atom is 0.320 e. The minimum atomic E-state index is 0.161. The van der Waals surface area contributed by atoms with Crippen LogP contribution in [0.5, 0.6) is 6.01 Å². The van der Waals surface area contributed by atoms with Crippen LogP contribution < -0.4 is 15.8 Å². The maximum absolute atomic E-state index is 5.98. The van der Waals surface area contributed by atoms with Crippen LogP contribution in [-0.4, -0.2) is 38.2 Å². The summed E-state index contributed by atoms with van der Waals surface area (Å²) >= 11 is 0. The number of unbranched alkanes of at least 4 members (excludes halogenated alkanes) is 2. The molecule has 0 unspecified atom stereocenters. The van der Waals surface area contributed by atoms with E-state index in [0.717, 1.165) is 44.4 Å². The molecule has 2 heterocycles. The molecule has 3 N–H and O–H groups in total. The molecule has 7 nitrogen and oxygen atoms in total. The number of aromatic nitrogens is 4. The van der Waals surface area contributed by atoms with E-state index in [1.807, 2.05) is 4.57 Å². The van der Waals surface area contributed by atoms with E-state index in [2.05, 4.69) is 48.0 Å². The van der Waals surface area contributed by atoms with Crippen molar-refractivity contribution in [2.24, 2.45) is 0 Å². The number of anilines is 1. The molecule has 0 aromatic carbocycles. The van der Waals surface area contributed by atoms with Gasteiger partial charge in [-0.3, -0.25) is 0 Å². The third-order valence-corrected chi connectivity index (χ3v) is 3.68. The Hall–Kier alpha value is -1.89. The van der Waals surface area contributed by atoms with Crippen molar-refractivity contribution in [3.05, 3.63) is 6.33 Å². The van der Waals surface area contributed by atoms with E-state index in [-0.39, 0.29) is 5.54 Å². The van der Waals surface area contributed by atoms with Crippen LogP contribution in [-0.2, 0) is 6.54 Å². The maximum atomic E-state index is 5.98. The molecule has 2 rings (SSSR count). The number of nitrogens with zero attached hydrogens (tertiary/aromatic N) is 4. The molecule has 0 amide bonds. The SMILES string of the molecule is CCCCOc1nc(N)c2ncn(CCCCNC(C)(C)C)c2n1. The zero-order valence-corrected chi connectivity index (χ0v) is 15.3. The highest BCUT2D eigenvalue weighted by Crippen LogP contribution is 2.19.